The van der Waals surface area contributed by atoms with Gasteiger partial charge in [0.1, 0.15) is 5.40 Å². The third-order valence-corrected chi connectivity index (χ3v) is 5.85. The molecule has 0 aliphatic heterocycles. The maximum atomic E-state index is 12.8. The summed E-state index contributed by atoms with van der Waals surface area (Å²) in [5.74, 6) is 0. The first-order chi connectivity index (χ1) is 11.9. The average molecular weight is 368 g/mol. The zero-order valence-corrected chi connectivity index (χ0v) is 15.4. The smallest absolute Gasteiger partial charge is 0.261 e. The van der Waals surface area contributed by atoms with E-state index in [0.717, 1.165) is 38.6 Å². The van der Waals surface area contributed by atoms with Crippen LogP contribution in [-0.2, 0) is 10.0 Å². The largest absolute Gasteiger partial charge is 0.279 e. The maximum absolute atomic E-state index is 12.8. The van der Waals surface area contributed by atoms with E-state index in [9.17, 15) is 8.42 Å². The maximum Gasteiger partial charge on any atom is 0.261 e. The Bertz CT molecular complexity index is 1080. The first-order valence-electron chi connectivity index (χ1n) is 7.59. The van der Waals surface area contributed by atoms with E-state index in [1.165, 1.54) is 0 Å². The van der Waals surface area contributed by atoms with Crippen molar-refractivity contribution in [2.45, 2.75) is 23.6 Å². The molecule has 6 heteroatoms. The Morgan fingerprint density at radius 3 is 2.24 bits per heavy atom. The zero-order chi connectivity index (χ0) is 18.0. The molecule has 0 fully saturated rings. The van der Waals surface area contributed by atoms with Crippen LogP contribution in [0.25, 0.3) is 10.8 Å². The summed E-state index contributed by atoms with van der Waals surface area (Å²) in [5, 5.41) is 12.7. The lowest BCUT2D eigenvalue weighted by atomic mass is 10.1. The van der Waals surface area contributed by atoms with Gasteiger partial charge in [0.25, 0.3) is 10.0 Å². The van der Waals surface area contributed by atoms with Crippen molar-refractivity contribution >= 4 is 38.2 Å². The van der Waals surface area contributed by atoms with E-state index in [1.54, 1.807) is 30.3 Å². The number of nitriles is 1. The molecule has 0 saturated carbocycles. The van der Waals surface area contributed by atoms with Gasteiger partial charge in [-0.1, -0.05) is 30.3 Å². The number of thioether (sulfide) groups is 1. The van der Waals surface area contributed by atoms with Gasteiger partial charge >= 0.3 is 0 Å². The van der Waals surface area contributed by atoms with Crippen LogP contribution < -0.4 is 4.72 Å². The van der Waals surface area contributed by atoms with Crippen LogP contribution in [-0.4, -0.2) is 8.42 Å². The molecule has 1 N–H and O–H groups in total. The Labute approximate surface area is 151 Å². The molecule has 3 aromatic carbocycles. The van der Waals surface area contributed by atoms with Crippen LogP contribution in [0.4, 0.5) is 5.69 Å². The molecule has 0 aliphatic carbocycles. The van der Waals surface area contributed by atoms with E-state index in [0.29, 0.717) is 5.69 Å². The van der Waals surface area contributed by atoms with E-state index >= 15 is 0 Å². The van der Waals surface area contributed by atoms with Gasteiger partial charge < -0.3 is 0 Å². The lowest BCUT2D eigenvalue weighted by Crippen LogP contribution is -2.14. The molecule has 0 aliphatic rings. The fourth-order valence-corrected chi connectivity index (χ4v) is 4.54. The molecule has 126 valence electrons. The molecule has 4 nitrogen and oxygen atoms in total. The lowest BCUT2D eigenvalue weighted by molar-refractivity contribution is 0.601. The number of nitrogens with one attached hydrogen (secondary N) is 1. The highest BCUT2D eigenvalue weighted by Gasteiger charge is 2.17. The van der Waals surface area contributed by atoms with Gasteiger partial charge in [-0.15, -0.1) is 0 Å². The van der Waals surface area contributed by atoms with Crippen LogP contribution >= 0.6 is 11.8 Å². The van der Waals surface area contributed by atoms with Gasteiger partial charge in [-0.2, -0.15) is 5.26 Å². The molecule has 0 aromatic heterocycles. The monoisotopic (exact) mass is 368 g/mol. The minimum absolute atomic E-state index is 0.223. The van der Waals surface area contributed by atoms with Crippen molar-refractivity contribution in [3.8, 4) is 5.40 Å². The SMILES string of the molecule is Cc1cc(SC#N)cc(C)c1NS(=O)(=O)c1ccc2ccccc2c1. The topological polar surface area (TPSA) is 70.0 Å². The third kappa shape index (κ3) is 3.63. The first kappa shape index (κ1) is 17.3. The predicted molar refractivity (Wildman–Crippen MR) is 102 cm³/mol. The molecule has 0 unspecified atom stereocenters. The average Bonchev–Trinajstić information content (AvgIpc) is 2.58. The van der Waals surface area contributed by atoms with Gasteiger partial charge in [-0.3, -0.25) is 4.72 Å². The number of nitrogens with zero attached hydrogens (tertiary/aromatic N) is 1. The number of hydrogen-bond donors (Lipinski definition) is 1. The summed E-state index contributed by atoms with van der Waals surface area (Å²) in [5.41, 5.74) is 2.11. The van der Waals surface area contributed by atoms with Crippen molar-refractivity contribution in [3.05, 3.63) is 65.7 Å². The Hall–Kier alpha value is -2.49. The Balaban J connectivity index is 1.99. The van der Waals surface area contributed by atoms with Gasteiger partial charge in [0.15, 0.2) is 0 Å². The Kier molecular flexibility index (Phi) is 4.71. The fourth-order valence-electron chi connectivity index (χ4n) is 2.72. The quantitative estimate of drug-likeness (QED) is 0.529. The number of thiocyanates is 1. The van der Waals surface area contributed by atoms with Gasteiger partial charge in [0, 0.05) is 4.90 Å². The minimum Gasteiger partial charge on any atom is -0.279 e. The Morgan fingerprint density at radius 2 is 1.60 bits per heavy atom. The molecule has 25 heavy (non-hydrogen) atoms. The highest BCUT2D eigenvalue weighted by atomic mass is 32.2. The minimum atomic E-state index is -3.70. The van der Waals surface area contributed by atoms with E-state index in [-0.39, 0.29) is 4.90 Å². The van der Waals surface area contributed by atoms with Crippen LogP contribution in [0.2, 0.25) is 0 Å². The van der Waals surface area contributed by atoms with Crippen molar-refractivity contribution in [2.75, 3.05) is 4.72 Å². The molecule has 0 amide bonds. The highest BCUT2D eigenvalue weighted by molar-refractivity contribution is 8.03. The molecule has 0 atom stereocenters. The fraction of sp³-hybridized carbons (Fsp3) is 0.105. The van der Waals surface area contributed by atoms with Crippen LogP contribution in [0.3, 0.4) is 0 Å². The van der Waals surface area contributed by atoms with Gasteiger partial charge in [0.2, 0.25) is 0 Å². The van der Waals surface area contributed by atoms with Gasteiger partial charge in [0.05, 0.1) is 10.6 Å². The summed E-state index contributed by atoms with van der Waals surface area (Å²) >= 11 is 1.06. The summed E-state index contributed by atoms with van der Waals surface area (Å²) in [4.78, 5) is 1.02. The van der Waals surface area contributed by atoms with E-state index in [1.807, 2.05) is 43.5 Å². The van der Waals surface area contributed by atoms with Crippen molar-refractivity contribution in [1.29, 1.82) is 5.26 Å². The first-order valence-corrected chi connectivity index (χ1v) is 9.89. The summed E-state index contributed by atoms with van der Waals surface area (Å²) in [6.45, 7) is 3.65. The lowest BCUT2D eigenvalue weighted by Gasteiger charge is -2.14. The van der Waals surface area contributed by atoms with Gasteiger partial charge in [-0.05, 0) is 71.8 Å². The van der Waals surface area contributed by atoms with Crippen molar-refractivity contribution in [3.63, 3.8) is 0 Å². The highest BCUT2D eigenvalue weighted by Crippen LogP contribution is 2.29. The van der Waals surface area contributed by atoms with Crippen LogP contribution in [0, 0.1) is 24.5 Å². The molecule has 0 heterocycles. The number of sulfonamides is 1. The van der Waals surface area contributed by atoms with Crippen LogP contribution in [0.5, 0.6) is 0 Å². The Morgan fingerprint density at radius 1 is 0.960 bits per heavy atom. The van der Waals surface area contributed by atoms with E-state index in [4.69, 9.17) is 5.26 Å². The van der Waals surface area contributed by atoms with Crippen molar-refractivity contribution in [1.82, 2.24) is 0 Å². The second-order valence-corrected chi connectivity index (χ2v) is 8.28. The summed E-state index contributed by atoms with van der Waals surface area (Å²) in [6.07, 6.45) is 0. The summed E-state index contributed by atoms with van der Waals surface area (Å²) in [6, 6.07) is 16.3. The number of rotatable bonds is 4. The van der Waals surface area contributed by atoms with Crippen LogP contribution in [0.15, 0.2) is 64.4 Å². The molecule has 0 saturated heterocycles. The number of benzene rings is 3. The molecule has 0 bridgehead atoms. The van der Waals surface area contributed by atoms with E-state index in [2.05, 4.69) is 4.72 Å². The molecular formula is C19H16N2O2S2. The summed E-state index contributed by atoms with van der Waals surface area (Å²) in [7, 11) is -3.70. The normalized spacial score (nSPS) is 11.2. The van der Waals surface area contributed by atoms with Crippen molar-refractivity contribution < 1.29 is 8.42 Å². The molecular weight excluding hydrogens is 352 g/mol. The number of hydrogen-bond acceptors (Lipinski definition) is 4. The standard InChI is InChI=1S/C19H16N2O2S2/c1-13-9-17(24-12-20)10-14(2)19(13)21-25(22,23)18-8-7-15-5-3-4-6-16(15)11-18/h3-11,21H,1-2H3. The third-order valence-electron chi connectivity index (χ3n) is 3.94. The number of fused-ring (bicyclic) bond motifs is 1. The summed E-state index contributed by atoms with van der Waals surface area (Å²) < 4.78 is 28.3. The zero-order valence-electron chi connectivity index (χ0n) is 13.8. The van der Waals surface area contributed by atoms with Crippen LogP contribution in [0.1, 0.15) is 11.1 Å². The second-order valence-electron chi connectivity index (χ2n) is 5.74. The molecule has 3 aromatic rings. The molecule has 3 rings (SSSR count). The molecule has 0 radical (unpaired) electrons. The second kappa shape index (κ2) is 6.79. The number of anilines is 1. The molecule has 0 spiro atoms. The van der Waals surface area contributed by atoms with E-state index < -0.39 is 10.0 Å². The van der Waals surface area contributed by atoms with Crippen molar-refractivity contribution in [2.24, 2.45) is 0 Å². The predicted octanol–water partition coefficient (Wildman–Crippen LogP) is 4.83. The number of aryl methyl sites for hydroxylation is 2. The van der Waals surface area contributed by atoms with Gasteiger partial charge in [-0.25, -0.2) is 8.42 Å².